The van der Waals surface area contributed by atoms with Crippen LogP contribution in [0.4, 0.5) is 0 Å². The van der Waals surface area contributed by atoms with Gasteiger partial charge in [0.1, 0.15) is 5.75 Å². The average molecular weight is 287 g/mol. The second-order valence-corrected chi connectivity index (χ2v) is 5.26. The van der Waals surface area contributed by atoms with Crippen LogP contribution in [0.25, 0.3) is 10.8 Å². The lowest BCUT2D eigenvalue weighted by atomic mass is 10.0. The standard InChI is InChI=1S/C17H25N3O/c1-21-16-6-5-13-11-15(4-3-14(13)12-16)17(19)7-10-20-9-2-8-18/h3-6,11-12,17,20H,2,7-10,18-19H2,1H3. The topological polar surface area (TPSA) is 73.3 Å². The lowest BCUT2D eigenvalue weighted by Crippen LogP contribution is -2.23. The average Bonchev–Trinajstić information content (AvgIpc) is 2.53. The smallest absolute Gasteiger partial charge is 0.119 e. The van der Waals surface area contributed by atoms with Crippen molar-refractivity contribution in [2.75, 3.05) is 26.7 Å². The van der Waals surface area contributed by atoms with Crippen molar-refractivity contribution in [3.63, 3.8) is 0 Å². The molecule has 114 valence electrons. The van der Waals surface area contributed by atoms with E-state index < -0.39 is 0 Å². The third-order valence-corrected chi connectivity index (χ3v) is 3.69. The highest BCUT2D eigenvalue weighted by Gasteiger charge is 2.07. The van der Waals surface area contributed by atoms with Crippen LogP contribution in [0.5, 0.6) is 5.75 Å². The third kappa shape index (κ3) is 4.43. The van der Waals surface area contributed by atoms with Crippen LogP contribution in [0, 0.1) is 0 Å². The van der Waals surface area contributed by atoms with Crippen LogP contribution < -0.4 is 21.5 Å². The van der Waals surface area contributed by atoms with Gasteiger partial charge in [0.15, 0.2) is 0 Å². The minimum Gasteiger partial charge on any atom is -0.497 e. The number of nitrogens with two attached hydrogens (primary N) is 2. The zero-order valence-corrected chi connectivity index (χ0v) is 12.6. The Labute approximate surface area is 126 Å². The molecule has 0 aromatic heterocycles. The summed E-state index contributed by atoms with van der Waals surface area (Å²) in [6, 6.07) is 12.5. The highest BCUT2D eigenvalue weighted by atomic mass is 16.5. The Kier molecular flexibility index (Phi) is 5.99. The number of hydrogen-bond acceptors (Lipinski definition) is 4. The van der Waals surface area contributed by atoms with Crippen molar-refractivity contribution < 1.29 is 4.74 Å². The Hall–Kier alpha value is -1.62. The molecule has 0 saturated heterocycles. The van der Waals surface area contributed by atoms with Crippen molar-refractivity contribution in [2.45, 2.75) is 18.9 Å². The summed E-state index contributed by atoms with van der Waals surface area (Å²) in [6.07, 6.45) is 1.93. The monoisotopic (exact) mass is 287 g/mol. The van der Waals surface area contributed by atoms with E-state index in [1.807, 2.05) is 12.1 Å². The molecule has 0 amide bonds. The molecule has 4 nitrogen and oxygen atoms in total. The lowest BCUT2D eigenvalue weighted by molar-refractivity contribution is 0.415. The van der Waals surface area contributed by atoms with Crippen LogP contribution in [-0.2, 0) is 0 Å². The molecule has 0 spiro atoms. The van der Waals surface area contributed by atoms with Crippen LogP contribution in [0.15, 0.2) is 36.4 Å². The van der Waals surface area contributed by atoms with Gasteiger partial charge in [0, 0.05) is 6.04 Å². The van der Waals surface area contributed by atoms with Gasteiger partial charge in [-0.3, -0.25) is 0 Å². The minimum atomic E-state index is 0.0573. The Morgan fingerprint density at radius 1 is 1.10 bits per heavy atom. The Balaban J connectivity index is 1.98. The van der Waals surface area contributed by atoms with Crippen molar-refractivity contribution in [3.05, 3.63) is 42.0 Å². The number of nitrogens with one attached hydrogen (secondary N) is 1. The molecular formula is C17H25N3O. The van der Waals surface area contributed by atoms with Gasteiger partial charge >= 0.3 is 0 Å². The lowest BCUT2D eigenvalue weighted by Gasteiger charge is -2.14. The molecule has 2 aromatic carbocycles. The van der Waals surface area contributed by atoms with Crippen LogP contribution in [0.1, 0.15) is 24.4 Å². The number of hydrogen-bond donors (Lipinski definition) is 3. The first kappa shape index (κ1) is 15.8. The van der Waals surface area contributed by atoms with Crippen molar-refractivity contribution in [3.8, 4) is 5.75 Å². The fourth-order valence-electron chi connectivity index (χ4n) is 2.38. The van der Waals surface area contributed by atoms with Gasteiger partial charge in [-0.25, -0.2) is 0 Å². The van der Waals surface area contributed by atoms with Gasteiger partial charge in [-0.15, -0.1) is 0 Å². The maximum absolute atomic E-state index is 6.27. The molecule has 0 radical (unpaired) electrons. The van der Waals surface area contributed by atoms with Crippen LogP contribution in [0.3, 0.4) is 0 Å². The highest BCUT2D eigenvalue weighted by molar-refractivity contribution is 5.84. The number of rotatable bonds is 8. The minimum absolute atomic E-state index is 0.0573. The Morgan fingerprint density at radius 2 is 1.86 bits per heavy atom. The predicted molar refractivity (Wildman–Crippen MR) is 88.6 cm³/mol. The van der Waals surface area contributed by atoms with E-state index in [2.05, 4.69) is 29.6 Å². The summed E-state index contributed by atoms with van der Waals surface area (Å²) >= 11 is 0. The van der Waals surface area contributed by atoms with Gasteiger partial charge in [0.05, 0.1) is 7.11 Å². The summed E-state index contributed by atoms with van der Waals surface area (Å²) in [4.78, 5) is 0. The SMILES string of the molecule is COc1ccc2cc(C(N)CCNCCCN)ccc2c1. The summed E-state index contributed by atoms with van der Waals surface area (Å²) < 4.78 is 5.24. The number of ether oxygens (including phenoxy) is 1. The highest BCUT2D eigenvalue weighted by Crippen LogP contribution is 2.24. The van der Waals surface area contributed by atoms with Gasteiger partial charge in [-0.05, 0) is 67.0 Å². The van der Waals surface area contributed by atoms with E-state index >= 15 is 0 Å². The summed E-state index contributed by atoms with van der Waals surface area (Å²) in [5.74, 6) is 0.878. The van der Waals surface area contributed by atoms with Gasteiger partial charge in [0.2, 0.25) is 0 Å². The van der Waals surface area contributed by atoms with Gasteiger partial charge in [-0.1, -0.05) is 18.2 Å². The number of methoxy groups -OCH3 is 1. The fraction of sp³-hybridized carbons (Fsp3) is 0.412. The van der Waals surface area contributed by atoms with Crippen molar-refractivity contribution in [2.24, 2.45) is 11.5 Å². The molecule has 21 heavy (non-hydrogen) atoms. The Morgan fingerprint density at radius 3 is 2.62 bits per heavy atom. The molecule has 0 fully saturated rings. The van der Waals surface area contributed by atoms with E-state index in [4.69, 9.17) is 16.2 Å². The second-order valence-electron chi connectivity index (χ2n) is 5.26. The maximum atomic E-state index is 6.27. The summed E-state index contributed by atoms with van der Waals surface area (Å²) in [6.45, 7) is 2.61. The van der Waals surface area contributed by atoms with Crippen LogP contribution >= 0.6 is 0 Å². The van der Waals surface area contributed by atoms with Crippen LogP contribution in [0.2, 0.25) is 0 Å². The second kappa shape index (κ2) is 7.98. The van der Waals surface area contributed by atoms with Crippen molar-refractivity contribution in [1.29, 1.82) is 0 Å². The van der Waals surface area contributed by atoms with Crippen molar-refractivity contribution in [1.82, 2.24) is 5.32 Å². The molecule has 1 unspecified atom stereocenters. The van der Waals surface area contributed by atoms with Gasteiger partial charge in [-0.2, -0.15) is 0 Å². The van der Waals surface area contributed by atoms with E-state index in [9.17, 15) is 0 Å². The van der Waals surface area contributed by atoms with E-state index in [0.29, 0.717) is 0 Å². The molecule has 0 aliphatic carbocycles. The summed E-state index contributed by atoms with van der Waals surface area (Å²) in [5, 5.41) is 5.73. The zero-order valence-electron chi connectivity index (χ0n) is 12.6. The molecule has 0 heterocycles. The first-order chi connectivity index (χ1) is 10.2. The molecule has 0 bridgehead atoms. The molecule has 2 aromatic rings. The number of fused-ring (bicyclic) bond motifs is 1. The summed E-state index contributed by atoms with van der Waals surface area (Å²) in [7, 11) is 1.68. The van der Waals surface area contributed by atoms with E-state index in [1.165, 1.54) is 16.3 Å². The molecule has 4 heteroatoms. The normalized spacial score (nSPS) is 12.5. The quantitative estimate of drug-likeness (QED) is 0.651. The molecule has 2 rings (SSSR count). The fourth-order valence-corrected chi connectivity index (χ4v) is 2.38. The molecule has 0 aliphatic heterocycles. The van der Waals surface area contributed by atoms with Gasteiger partial charge in [0.25, 0.3) is 0 Å². The van der Waals surface area contributed by atoms with E-state index in [1.54, 1.807) is 7.11 Å². The molecule has 1 atom stereocenters. The van der Waals surface area contributed by atoms with E-state index in [0.717, 1.165) is 38.2 Å². The van der Waals surface area contributed by atoms with Gasteiger partial charge < -0.3 is 21.5 Å². The third-order valence-electron chi connectivity index (χ3n) is 3.69. The number of benzene rings is 2. The summed E-state index contributed by atoms with van der Waals surface area (Å²) in [5.41, 5.74) is 12.9. The van der Waals surface area contributed by atoms with E-state index in [-0.39, 0.29) is 6.04 Å². The molecule has 5 N–H and O–H groups in total. The predicted octanol–water partition coefficient (Wildman–Crippen LogP) is 2.18. The largest absolute Gasteiger partial charge is 0.497 e. The molecule has 0 saturated carbocycles. The first-order valence-electron chi connectivity index (χ1n) is 7.48. The zero-order chi connectivity index (χ0) is 15.1. The first-order valence-corrected chi connectivity index (χ1v) is 7.48. The van der Waals surface area contributed by atoms with Crippen molar-refractivity contribution >= 4 is 10.8 Å². The molecule has 0 aliphatic rings. The molecular weight excluding hydrogens is 262 g/mol. The van der Waals surface area contributed by atoms with Crippen LogP contribution in [-0.4, -0.2) is 26.7 Å². The maximum Gasteiger partial charge on any atom is 0.119 e. The Bertz CT molecular complexity index is 571.